The average molecular weight is 643 g/mol. The van der Waals surface area contributed by atoms with E-state index in [2.05, 4.69) is 10.6 Å². The topological polar surface area (TPSA) is 220 Å². The highest BCUT2D eigenvalue weighted by atomic mass is 31.2. The van der Waals surface area contributed by atoms with Gasteiger partial charge in [-0.2, -0.15) is 0 Å². The number of carbonyl (C=O) groups excluding carboxylic acids is 4. The molecule has 0 unspecified atom stereocenters. The minimum absolute atomic E-state index is 0.0711. The molecule has 0 spiro atoms. The first-order valence-electron chi connectivity index (χ1n) is 14.2. The number of rotatable bonds is 16. The Bertz CT molecular complexity index is 899. The summed E-state index contributed by atoms with van der Waals surface area (Å²) in [6.07, 6.45) is -0.486. The van der Waals surface area contributed by atoms with Crippen LogP contribution in [0.4, 0.5) is 0 Å². The Balaban J connectivity index is 3.11. The standard InChI is InChI=1S/C24H48N6O10P2/c1-3-5-21(31)16-27-7-8-28(17-22(32)6-15-41(35,36)37)10-12-30(19-24(34)26-20-42(38,39)40)14-13-29(11-9-27)18-23(33)25-4-2/h3-20H2,1-2H3,(H,25,33)(H,26,34)(H2,35,36,37)(H2,38,39,40). The molecule has 0 atom stereocenters. The van der Waals surface area contributed by atoms with E-state index in [0.717, 1.165) is 0 Å². The van der Waals surface area contributed by atoms with Crippen LogP contribution in [0.15, 0.2) is 0 Å². The zero-order chi connectivity index (χ0) is 31.8. The predicted octanol–water partition coefficient (Wildman–Crippen LogP) is -1.90. The van der Waals surface area contributed by atoms with Crippen molar-refractivity contribution in [3.8, 4) is 0 Å². The van der Waals surface area contributed by atoms with Gasteiger partial charge in [0.25, 0.3) is 0 Å². The number of nitrogens with zero attached hydrogens (tertiary/aromatic N) is 4. The molecule has 1 rings (SSSR count). The fraction of sp³-hybridized carbons (Fsp3) is 0.833. The van der Waals surface area contributed by atoms with Crippen molar-refractivity contribution in [3.05, 3.63) is 0 Å². The highest BCUT2D eigenvalue weighted by Gasteiger charge is 2.23. The molecule has 1 heterocycles. The average Bonchev–Trinajstić information content (AvgIpc) is 2.87. The summed E-state index contributed by atoms with van der Waals surface area (Å²) in [6.45, 7) is 7.34. The number of nitrogens with one attached hydrogen (secondary N) is 2. The quantitative estimate of drug-likeness (QED) is 0.101. The molecule has 0 saturated carbocycles. The molecule has 0 aromatic carbocycles. The van der Waals surface area contributed by atoms with Crippen molar-refractivity contribution in [1.82, 2.24) is 30.2 Å². The maximum Gasteiger partial charge on any atom is 0.344 e. The molecule has 0 aliphatic carbocycles. The van der Waals surface area contributed by atoms with Crippen LogP contribution in [0.25, 0.3) is 0 Å². The summed E-state index contributed by atoms with van der Waals surface area (Å²) in [5, 5.41) is 4.99. The maximum atomic E-state index is 12.6. The molecule has 1 aliphatic heterocycles. The van der Waals surface area contributed by atoms with Gasteiger partial charge < -0.3 is 30.2 Å². The van der Waals surface area contributed by atoms with Crippen molar-refractivity contribution in [3.63, 3.8) is 0 Å². The number of ketones is 2. The lowest BCUT2D eigenvalue weighted by Gasteiger charge is -2.33. The molecular weight excluding hydrogens is 594 g/mol. The van der Waals surface area contributed by atoms with Gasteiger partial charge in [0.1, 0.15) is 17.9 Å². The smallest absolute Gasteiger partial charge is 0.344 e. The Morgan fingerprint density at radius 2 is 0.976 bits per heavy atom. The second-order valence-electron chi connectivity index (χ2n) is 10.4. The zero-order valence-corrected chi connectivity index (χ0v) is 26.4. The minimum atomic E-state index is -4.44. The Morgan fingerprint density at radius 1 is 0.595 bits per heavy atom. The second-order valence-corrected chi connectivity index (χ2v) is 13.9. The van der Waals surface area contributed by atoms with E-state index in [1.165, 1.54) is 0 Å². The highest BCUT2D eigenvalue weighted by molar-refractivity contribution is 7.52. The van der Waals surface area contributed by atoms with Crippen molar-refractivity contribution in [1.29, 1.82) is 0 Å². The zero-order valence-electron chi connectivity index (χ0n) is 24.6. The first kappa shape index (κ1) is 38.4. The van der Waals surface area contributed by atoms with Gasteiger partial charge in [-0.15, -0.1) is 0 Å². The van der Waals surface area contributed by atoms with Crippen molar-refractivity contribution < 1.29 is 47.9 Å². The predicted molar refractivity (Wildman–Crippen MR) is 156 cm³/mol. The molecular formula is C24H48N6O10P2. The van der Waals surface area contributed by atoms with E-state index in [-0.39, 0.29) is 50.1 Å². The fourth-order valence-corrected chi connectivity index (χ4v) is 5.25. The summed E-state index contributed by atoms with van der Waals surface area (Å²) in [6, 6.07) is 0. The molecule has 1 saturated heterocycles. The Hall–Kier alpha value is -1.58. The molecule has 2 amide bonds. The third kappa shape index (κ3) is 19.6. The van der Waals surface area contributed by atoms with Crippen LogP contribution in [0.2, 0.25) is 0 Å². The van der Waals surface area contributed by atoms with E-state index < -0.39 is 33.5 Å². The normalized spacial score (nSPS) is 17.7. The van der Waals surface area contributed by atoms with Gasteiger partial charge in [0.05, 0.1) is 32.3 Å². The van der Waals surface area contributed by atoms with Gasteiger partial charge in [0.15, 0.2) is 0 Å². The number of hydrogen-bond acceptors (Lipinski definition) is 10. The first-order chi connectivity index (χ1) is 19.6. The SMILES string of the molecule is CCCC(=O)CN1CCN(CC(=O)CCP(=O)(O)O)CCN(CC(=O)NCP(=O)(O)O)CCN(CC(=O)NCC)CC1. The summed E-state index contributed by atoms with van der Waals surface area (Å²) in [7, 11) is -8.78. The van der Waals surface area contributed by atoms with Gasteiger partial charge in [-0.25, -0.2) is 0 Å². The van der Waals surface area contributed by atoms with Crippen LogP contribution in [0.3, 0.4) is 0 Å². The first-order valence-corrected chi connectivity index (χ1v) is 17.7. The molecule has 18 heteroatoms. The van der Waals surface area contributed by atoms with Crippen LogP contribution in [0.1, 0.15) is 33.1 Å². The maximum absolute atomic E-state index is 12.6. The van der Waals surface area contributed by atoms with E-state index in [0.29, 0.717) is 71.7 Å². The molecule has 0 aromatic heterocycles. The molecule has 244 valence electrons. The Morgan fingerprint density at radius 3 is 1.33 bits per heavy atom. The highest BCUT2D eigenvalue weighted by Crippen LogP contribution is 2.34. The largest absolute Gasteiger partial charge is 0.355 e. The lowest BCUT2D eigenvalue weighted by molar-refractivity contribution is -0.124. The van der Waals surface area contributed by atoms with Crippen molar-refractivity contribution in [2.75, 3.05) is 97.5 Å². The fourth-order valence-electron chi connectivity index (χ4n) is 4.32. The van der Waals surface area contributed by atoms with E-state index in [9.17, 15) is 28.3 Å². The molecule has 6 N–H and O–H groups in total. The van der Waals surface area contributed by atoms with Crippen molar-refractivity contribution >= 4 is 38.6 Å². The summed E-state index contributed by atoms with van der Waals surface area (Å²) >= 11 is 0. The number of carbonyl (C=O) groups is 4. The molecule has 16 nitrogen and oxygen atoms in total. The lowest BCUT2D eigenvalue weighted by Crippen LogP contribution is -2.50. The molecule has 1 fully saturated rings. The van der Waals surface area contributed by atoms with E-state index >= 15 is 0 Å². The second kappa shape index (κ2) is 19.6. The van der Waals surface area contributed by atoms with Gasteiger partial charge in [0.2, 0.25) is 11.8 Å². The van der Waals surface area contributed by atoms with E-state index in [1.54, 1.807) is 4.90 Å². The summed E-state index contributed by atoms with van der Waals surface area (Å²) in [4.78, 5) is 93.8. The number of amides is 2. The van der Waals surface area contributed by atoms with Crippen LogP contribution in [-0.2, 0) is 28.3 Å². The molecule has 0 radical (unpaired) electrons. The Kier molecular flexibility index (Phi) is 18.0. The van der Waals surface area contributed by atoms with Gasteiger partial charge >= 0.3 is 15.2 Å². The third-order valence-corrected chi connectivity index (χ3v) is 7.91. The van der Waals surface area contributed by atoms with Crippen LogP contribution in [-0.4, -0.2) is 160 Å². The van der Waals surface area contributed by atoms with Crippen LogP contribution in [0, 0.1) is 0 Å². The summed E-state index contributed by atoms with van der Waals surface area (Å²) in [5.74, 6) is -1.02. The van der Waals surface area contributed by atoms with Gasteiger partial charge in [-0.05, 0) is 13.3 Å². The number of hydrogen-bond donors (Lipinski definition) is 6. The van der Waals surface area contributed by atoms with Crippen molar-refractivity contribution in [2.24, 2.45) is 0 Å². The molecule has 0 bridgehead atoms. The third-order valence-electron chi connectivity index (χ3n) is 6.53. The Labute approximate surface area is 247 Å². The van der Waals surface area contributed by atoms with Crippen LogP contribution >= 0.6 is 15.2 Å². The summed E-state index contributed by atoms with van der Waals surface area (Å²) < 4.78 is 22.4. The van der Waals surface area contributed by atoms with E-state index in [4.69, 9.17) is 19.6 Å². The molecule has 0 aromatic rings. The monoisotopic (exact) mass is 642 g/mol. The lowest BCUT2D eigenvalue weighted by atomic mass is 10.2. The molecule has 42 heavy (non-hydrogen) atoms. The van der Waals surface area contributed by atoms with Gasteiger partial charge in [0, 0.05) is 71.7 Å². The summed E-state index contributed by atoms with van der Waals surface area (Å²) in [5.41, 5.74) is 0. The number of likely N-dealkylation sites (N-methyl/N-ethyl adjacent to an activating group) is 1. The van der Waals surface area contributed by atoms with Crippen LogP contribution in [0.5, 0.6) is 0 Å². The molecule has 1 aliphatic rings. The van der Waals surface area contributed by atoms with Gasteiger partial charge in [-0.1, -0.05) is 6.92 Å². The van der Waals surface area contributed by atoms with Crippen LogP contribution < -0.4 is 10.6 Å². The van der Waals surface area contributed by atoms with E-state index in [1.807, 2.05) is 28.5 Å². The number of Topliss-reactive ketones (excluding diaryl/α,β-unsaturated/α-hetero) is 2. The van der Waals surface area contributed by atoms with Crippen molar-refractivity contribution in [2.45, 2.75) is 33.1 Å². The van der Waals surface area contributed by atoms with Gasteiger partial charge in [-0.3, -0.25) is 47.9 Å². The minimum Gasteiger partial charge on any atom is -0.355 e.